The van der Waals surface area contributed by atoms with E-state index in [4.69, 9.17) is 18.6 Å². The molecule has 22 heavy (non-hydrogen) atoms. The van der Waals surface area contributed by atoms with Crippen LogP contribution in [0.2, 0.25) is 0 Å². The van der Waals surface area contributed by atoms with Crippen LogP contribution in [0.4, 0.5) is 5.88 Å². The number of anilines is 1. The first-order valence-electron chi connectivity index (χ1n) is 6.40. The molecule has 0 aromatic carbocycles. The first-order valence-corrected chi connectivity index (χ1v) is 7.20. The van der Waals surface area contributed by atoms with Crippen LogP contribution in [0.5, 0.6) is 0 Å². The normalized spacial score (nSPS) is 10.6. The molecule has 0 unspecified atom stereocenters. The summed E-state index contributed by atoms with van der Waals surface area (Å²) in [5.74, 6) is 1.68. The first-order chi connectivity index (χ1) is 10.6. The molecule has 8 heteroatoms. The van der Waals surface area contributed by atoms with Crippen molar-refractivity contribution >= 4 is 21.8 Å². The lowest BCUT2D eigenvalue weighted by Gasteiger charge is -2.01. The average Bonchev–Trinajstić information content (AvgIpc) is 3.17. The summed E-state index contributed by atoms with van der Waals surface area (Å²) >= 11 is 3.21. The minimum Gasteiger partial charge on any atom is -0.444 e. The molecular formula is C14H11BrN4O3. The highest BCUT2D eigenvalue weighted by atomic mass is 79.9. The van der Waals surface area contributed by atoms with Crippen molar-refractivity contribution in [2.75, 3.05) is 5.32 Å². The Morgan fingerprint density at radius 1 is 1.32 bits per heavy atom. The number of furan rings is 1. The zero-order valence-corrected chi connectivity index (χ0v) is 13.4. The van der Waals surface area contributed by atoms with Crippen LogP contribution in [-0.4, -0.2) is 10.1 Å². The molecule has 0 saturated heterocycles. The topological polar surface area (TPSA) is 101 Å². The molecule has 3 rings (SSSR count). The van der Waals surface area contributed by atoms with Gasteiger partial charge < -0.3 is 18.7 Å². The molecule has 0 aliphatic rings. The fourth-order valence-corrected chi connectivity index (χ4v) is 2.28. The van der Waals surface area contributed by atoms with E-state index in [0.29, 0.717) is 17.0 Å². The van der Waals surface area contributed by atoms with E-state index in [9.17, 15) is 0 Å². The smallest absolute Gasteiger partial charge is 0.266 e. The number of nitriles is 1. The molecule has 0 aliphatic carbocycles. The van der Waals surface area contributed by atoms with E-state index in [1.165, 1.54) is 0 Å². The third-order valence-corrected chi connectivity index (χ3v) is 3.55. The van der Waals surface area contributed by atoms with Gasteiger partial charge in [-0.25, -0.2) is 0 Å². The molecule has 3 heterocycles. The van der Waals surface area contributed by atoms with E-state index in [-0.39, 0.29) is 17.5 Å². The number of hydrogen-bond acceptors (Lipinski definition) is 7. The van der Waals surface area contributed by atoms with Crippen LogP contribution < -0.4 is 5.32 Å². The molecular weight excluding hydrogens is 352 g/mol. The Bertz CT molecular complexity index is 836. The van der Waals surface area contributed by atoms with Crippen molar-refractivity contribution in [3.05, 3.63) is 39.5 Å². The molecule has 3 aromatic rings. The van der Waals surface area contributed by atoms with Crippen molar-refractivity contribution in [2.24, 2.45) is 0 Å². The second-order valence-corrected chi connectivity index (χ2v) is 5.35. The number of nitrogens with one attached hydrogen (secondary N) is 1. The van der Waals surface area contributed by atoms with Gasteiger partial charge in [0.1, 0.15) is 11.8 Å². The number of aryl methyl sites for hydroxylation is 2. The van der Waals surface area contributed by atoms with E-state index in [1.54, 1.807) is 12.1 Å². The Morgan fingerprint density at radius 3 is 2.73 bits per heavy atom. The molecule has 0 fully saturated rings. The quantitative estimate of drug-likeness (QED) is 0.753. The monoisotopic (exact) mass is 362 g/mol. The van der Waals surface area contributed by atoms with Gasteiger partial charge in [-0.05, 0) is 41.9 Å². The Hall–Kier alpha value is -2.53. The highest BCUT2D eigenvalue weighted by molar-refractivity contribution is 9.10. The maximum Gasteiger partial charge on any atom is 0.266 e. The van der Waals surface area contributed by atoms with Crippen molar-refractivity contribution in [3.63, 3.8) is 0 Å². The van der Waals surface area contributed by atoms with Crippen LogP contribution in [0.1, 0.15) is 22.7 Å². The minimum absolute atomic E-state index is 0.161. The van der Waals surface area contributed by atoms with Crippen molar-refractivity contribution in [2.45, 2.75) is 20.4 Å². The number of rotatable bonds is 4. The summed E-state index contributed by atoms with van der Waals surface area (Å²) in [6.07, 6.45) is 0. The second-order valence-electron chi connectivity index (χ2n) is 4.57. The molecule has 112 valence electrons. The van der Waals surface area contributed by atoms with E-state index >= 15 is 0 Å². The van der Waals surface area contributed by atoms with E-state index in [1.807, 2.05) is 19.9 Å². The molecule has 0 saturated carbocycles. The molecule has 7 nitrogen and oxygen atoms in total. The fraction of sp³-hybridized carbons (Fsp3) is 0.214. The summed E-state index contributed by atoms with van der Waals surface area (Å²) in [7, 11) is 0. The van der Waals surface area contributed by atoms with Gasteiger partial charge in [0.05, 0.1) is 5.69 Å². The van der Waals surface area contributed by atoms with Crippen LogP contribution in [0.25, 0.3) is 11.7 Å². The molecule has 0 aliphatic heterocycles. The third-order valence-electron chi connectivity index (χ3n) is 3.12. The lowest BCUT2D eigenvalue weighted by molar-refractivity contribution is 0.392. The van der Waals surface area contributed by atoms with Crippen LogP contribution >= 0.6 is 15.9 Å². The predicted molar refractivity (Wildman–Crippen MR) is 79.9 cm³/mol. The van der Waals surface area contributed by atoms with Crippen LogP contribution in [0.15, 0.2) is 30.2 Å². The molecule has 1 N–H and O–H groups in total. The maximum atomic E-state index is 9.17. The number of oxazole rings is 1. The molecule has 0 amide bonds. The second kappa shape index (κ2) is 5.69. The van der Waals surface area contributed by atoms with E-state index in [2.05, 4.69) is 31.4 Å². The van der Waals surface area contributed by atoms with Gasteiger partial charge in [-0.2, -0.15) is 10.2 Å². The van der Waals surface area contributed by atoms with Crippen molar-refractivity contribution < 1.29 is 13.4 Å². The van der Waals surface area contributed by atoms with Gasteiger partial charge in [-0.3, -0.25) is 0 Å². The summed E-state index contributed by atoms with van der Waals surface area (Å²) in [5, 5.41) is 16.1. The lowest BCUT2D eigenvalue weighted by Crippen LogP contribution is -2.01. The average molecular weight is 363 g/mol. The Kier molecular flexibility index (Phi) is 3.73. The van der Waals surface area contributed by atoms with Gasteiger partial charge in [0.2, 0.25) is 11.6 Å². The largest absolute Gasteiger partial charge is 0.444 e. The van der Waals surface area contributed by atoms with Crippen molar-refractivity contribution in [1.29, 1.82) is 5.26 Å². The minimum atomic E-state index is 0.161. The zero-order chi connectivity index (χ0) is 15.7. The summed E-state index contributed by atoms with van der Waals surface area (Å²) in [4.78, 5) is 4.11. The van der Waals surface area contributed by atoms with Gasteiger partial charge in [0, 0.05) is 12.1 Å². The Labute approximate surface area is 134 Å². The molecule has 0 atom stereocenters. The van der Waals surface area contributed by atoms with Gasteiger partial charge in [0.25, 0.3) is 5.89 Å². The highest BCUT2D eigenvalue weighted by Gasteiger charge is 2.18. The summed E-state index contributed by atoms with van der Waals surface area (Å²) < 4.78 is 16.6. The number of aromatic nitrogens is 2. The third kappa shape index (κ3) is 2.63. The van der Waals surface area contributed by atoms with Gasteiger partial charge in [-0.15, -0.1) is 0 Å². The van der Waals surface area contributed by atoms with Crippen LogP contribution in [-0.2, 0) is 6.54 Å². The molecule has 3 aromatic heterocycles. The van der Waals surface area contributed by atoms with Crippen LogP contribution in [0.3, 0.4) is 0 Å². The van der Waals surface area contributed by atoms with Crippen molar-refractivity contribution in [1.82, 2.24) is 10.1 Å². The van der Waals surface area contributed by atoms with E-state index in [0.717, 1.165) is 17.0 Å². The molecule has 0 radical (unpaired) electrons. The number of halogens is 1. The lowest BCUT2D eigenvalue weighted by atomic mass is 10.2. The zero-order valence-electron chi connectivity index (χ0n) is 11.8. The van der Waals surface area contributed by atoms with Crippen LogP contribution in [0, 0.1) is 25.2 Å². The maximum absolute atomic E-state index is 9.17. The molecule has 0 spiro atoms. The van der Waals surface area contributed by atoms with Gasteiger partial charge in [0.15, 0.2) is 10.4 Å². The summed E-state index contributed by atoms with van der Waals surface area (Å²) in [5.41, 5.74) is 1.87. The first kappa shape index (κ1) is 14.4. The van der Waals surface area contributed by atoms with Gasteiger partial charge in [-0.1, -0.05) is 5.16 Å². The summed E-state index contributed by atoms with van der Waals surface area (Å²) in [6.45, 7) is 4.10. The SMILES string of the molecule is Cc1noc(C)c1CNc1oc(-c2ccc(Br)o2)nc1C#N. The Morgan fingerprint density at radius 2 is 2.14 bits per heavy atom. The summed E-state index contributed by atoms with van der Waals surface area (Å²) in [6, 6.07) is 5.42. The van der Waals surface area contributed by atoms with Crippen molar-refractivity contribution in [3.8, 4) is 17.7 Å². The molecule has 0 bridgehead atoms. The van der Waals surface area contributed by atoms with Gasteiger partial charge >= 0.3 is 0 Å². The highest BCUT2D eigenvalue weighted by Crippen LogP contribution is 2.29. The van der Waals surface area contributed by atoms with E-state index < -0.39 is 0 Å². The Balaban J connectivity index is 1.85. The standard InChI is InChI=1S/C14H11BrN4O3/c1-7-9(8(2)22-19-7)6-17-13-10(5-16)18-14(21-13)11-3-4-12(15)20-11/h3-4,17H,6H2,1-2H3. The number of hydrogen-bond donors (Lipinski definition) is 1. The predicted octanol–water partition coefficient (Wildman–Crippen LogP) is 3.79. The fourth-order valence-electron chi connectivity index (χ4n) is 1.97. The number of nitrogens with zero attached hydrogens (tertiary/aromatic N) is 3.